The molecule has 92 valence electrons. The topological polar surface area (TPSA) is 72.2 Å². The van der Waals surface area contributed by atoms with Gasteiger partial charge in [0, 0.05) is 23.1 Å². The van der Waals surface area contributed by atoms with Gasteiger partial charge in [-0.15, -0.1) is 11.8 Å². The van der Waals surface area contributed by atoms with Crippen LogP contribution in [0.1, 0.15) is 13.3 Å². The lowest BCUT2D eigenvalue weighted by atomic mass is 10.3. The van der Waals surface area contributed by atoms with Gasteiger partial charge in [0.25, 0.3) is 0 Å². The van der Waals surface area contributed by atoms with Gasteiger partial charge < -0.3 is 5.73 Å². The van der Waals surface area contributed by atoms with Crippen LogP contribution in [-0.2, 0) is 10.0 Å². The number of rotatable bonds is 4. The van der Waals surface area contributed by atoms with Crippen molar-refractivity contribution in [2.24, 2.45) is 0 Å². The molecule has 0 spiro atoms. The number of nitrogen functional groups attached to an aromatic ring is 1. The van der Waals surface area contributed by atoms with Crippen molar-refractivity contribution >= 4 is 31.6 Å². The average Bonchev–Trinajstić information content (AvgIpc) is 2.24. The van der Waals surface area contributed by atoms with Crippen LogP contribution < -0.4 is 10.5 Å². The summed E-state index contributed by atoms with van der Waals surface area (Å²) < 4.78 is 26.7. The van der Waals surface area contributed by atoms with E-state index in [1.807, 2.05) is 0 Å². The van der Waals surface area contributed by atoms with E-state index >= 15 is 0 Å². The monoisotopic (exact) mass is 316 g/mol. The average molecular weight is 317 g/mol. The van der Waals surface area contributed by atoms with Crippen molar-refractivity contribution in [1.82, 2.24) is 4.72 Å². The van der Waals surface area contributed by atoms with E-state index in [4.69, 9.17) is 5.73 Å². The lowest BCUT2D eigenvalue weighted by molar-refractivity contribution is 0.582. The lowest BCUT2D eigenvalue weighted by Gasteiger charge is -2.07. The van der Waals surface area contributed by atoms with E-state index in [-0.39, 0.29) is 4.90 Å². The van der Waals surface area contributed by atoms with Gasteiger partial charge in [-0.2, -0.15) is 0 Å². The van der Waals surface area contributed by atoms with Gasteiger partial charge >= 0.3 is 0 Å². The van der Waals surface area contributed by atoms with Gasteiger partial charge in [0.05, 0.1) is 4.90 Å². The molecular weight excluding hydrogens is 304 g/mol. The Kier molecular flexibility index (Phi) is 5.00. The van der Waals surface area contributed by atoms with Gasteiger partial charge in [0.15, 0.2) is 0 Å². The van der Waals surface area contributed by atoms with Crippen LogP contribution in [0.5, 0.6) is 0 Å². The maximum absolute atomic E-state index is 11.9. The van der Waals surface area contributed by atoms with E-state index in [0.29, 0.717) is 23.1 Å². The summed E-state index contributed by atoms with van der Waals surface area (Å²) in [6.45, 7) is 2.01. The fraction of sp³-hybridized carbons (Fsp3) is 0.273. The molecule has 0 bridgehead atoms. The van der Waals surface area contributed by atoms with E-state index in [9.17, 15) is 8.42 Å². The predicted octanol–water partition coefficient (Wildman–Crippen LogP) is 1.72. The summed E-state index contributed by atoms with van der Waals surface area (Å²) in [5.41, 5.74) is 6.05. The number of hydrogen-bond acceptors (Lipinski definition) is 3. The molecule has 0 unspecified atom stereocenters. The Morgan fingerprint density at radius 2 is 2.18 bits per heavy atom. The standard InChI is InChI=1S/C11H13BrN2O2S/c1-2-3-4-7-14-17(15,16)11-6-5-9(13)8-10(11)12/h5-6,8,14H,4,7,13H2,1H3. The quantitative estimate of drug-likeness (QED) is 0.505. The van der Waals surface area contributed by atoms with Gasteiger partial charge in [-0.05, 0) is 41.1 Å². The normalized spacial score (nSPS) is 10.7. The van der Waals surface area contributed by atoms with Crippen LogP contribution in [0.2, 0.25) is 0 Å². The molecule has 0 aliphatic carbocycles. The SMILES string of the molecule is CC#CCCNS(=O)(=O)c1ccc(N)cc1Br. The number of halogens is 1. The van der Waals surface area contributed by atoms with Gasteiger partial charge in [0.2, 0.25) is 10.0 Å². The fourth-order valence-corrected chi connectivity index (χ4v) is 3.31. The second-order valence-corrected chi connectivity index (χ2v) is 5.85. The lowest BCUT2D eigenvalue weighted by Crippen LogP contribution is -2.24. The summed E-state index contributed by atoms with van der Waals surface area (Å²) in [6, 6.07) is 4.57. The third kappa shape index (κ3) is 4.04. The zero-order valence-electron chi connectivity index (χ0n) is 9.33. The molecule has 1 rings (SSSR count). The Morgan fingerprint density at radius 1 is 1.47 bits per heavy atom. The highest BCUT2D eigenvalue weighted by molar-refractivity contribution is 9.10. The number of nitrogens with one attached hydrogen (secondary N) is 1. The van der Waals surface area contributed by atoms with Gasteiger partial charge in [-0.3, -0.25) is 0 Å². The molecule has 0 saturated carbocycles. The Hall–Kier alpha value is -1.03. The van der Waals surface area contributed by atoms with Crippen molar-refractivity contribution in [2.75, 3.05) is 12.3 Å². The van der Waals surface area contributed by atoms with Crippen molar-refractivity contribution in [3.05, 3.63) is 22.7 Å². The van der Waals surface area contributed by atoms with Crippen LogP contribution in [0.4, 0.5) is 5.69 Å². The summed E-state index contributed by atoms with van der Waals surface area (Å²) in [4.78, 5) is 0.177. The molecule has 0 aliphatic rings. The highest BCUT2D eigenvalue weighted by Crippen LogP contribution is 2.23. The van der Waals surface area contributed by atoms with Crippen LogP contribution in [0.3, 0.4) is 0 Å². The molecule has 6 heteroatoms. The Labute approximate surface area is 110 Å². The summed E-state index contributed by atoms with van der Waals surface area (Å²) in [5, 5.41) is 0. The minimum Gasteiger partial charge on any atom is -0.399 e. The summed E-state index contributed by atoms with van der Waals surface area (Å²) in [5.74, 6) is 5.49. The van der Waals surface area contributed by atoms with Crippen molar-refractivity contribution in [3.8, 4) is 11.8 Å². The minimum absolute atomic E-state index is 0.177. The molecule has 0 heterocycles. The molecule has 1 aromatic carbocycles. The first kappa shape index (κ1) is 14.0. The third-order valence-electron chi connectivity index (χ3n) is 1.96. The van der Waals surface area contributed by atoms with Crippen molar-refractivity contribution in [2.45, 2.75) is 18.2 Å². The second-order valence-electron chi connectivity index (χ2n) is 3.26. The first-order chi connectivity index (χ1) is 7.97. The molecule has 0 fully saturated rings. The van der Waals surface area contributed by atoms with E-state index in [2.05, 4.69) is 32.5 Å². The highest BCUT2D eigenvalue weighted by atomic mass is 79.9. The second kappa shape index (κ2) is 6.05. The van der Waals surface area contributed by atoms with Crippen LogP contribution in [-0.4, -0.2) is 15.0 Å². The highest BCUT2D eigenvalue weighted by Gasteiger charge is 2.16. The maximum Gasteiger partial charge on any atom is 0.241 e. The molecular formula is C11H13BrN2O2S. The Morgan fingerprint density at radius 3 is 2.76 bits per heavy atom. The van der Waals surface area contributed by atoms with Crippen molar-refractivity contribution in [1.29, 1.82) is 0 Å². The van der Waals surface area contributed by atoms with E-state index < -0.39 is 10.0 Å². The molecule has 1 aromatic rings. The first-order valence-corrected chi connectivity index (χ1v) is 7.19. The van der Waals surface area contributed by atoms with E-state index in [1.54, 1.807) is 19.1 Å². The van der Waals surface area contributed by atoms with Crippen molar-refractivity contribution in [3.63, 3.8) is 0 Å². The molecule has 17 heavy (non-hydrogen) atoms. The minimum atomic E-state index is -3.51. The molecule has 0 amide bonds. The van der Waals surface area contributed by atoms with Gasteiger partial charge in [-0.25, -0.2) is 13.1 Å². The number of nitrogens with two attached hydrogens (primary N) is 1. The molecule has 0 aliphatic heterocycles. The predicted molar refractivity (Wildman–Crippen MR) is 71.8 cm³/mol. The van der Waals surface area contributed by atoms with Gasteiger partial charge in [-0.1, -0.05) is 0 Å². The molecule has 3 N–H and O–H groups in total. The van der Waals surface area contributed by atoms with Gasteiger partial charge in [0.1, 0.15) is 0 Å². The molecule has 0 saturated heterocycles. The Bertz CT molecular complexity index is 559. The Balaban J connectivity index is 2.85. The summed E-state index contributed by atoms with van der Waals surface area (Å²) >= 11 is 3.18. The largest absolute Gasteiger partial charge is 0.399 e. The van der Waals surface area contributed by atoms with E-state index in [1.165, 1.54) is 6.07 Å². The third-order valence-corrected chi connectivity index (χ3v) is 4.40. The summed E-state index contributed by atoms with van der Waals surface area (Å²) in [7, 11) is -3.51. The van der Waals surface area contributed by atoms with E-state index in [0.717, 1.165) is 0 Å². The number of benzene rings is 1. The number of sulfonamides is 1. The number of anilines is 1. The molecule has 0 aromatic heterocycles. The zero-order chi connectivity index (χ0) is 12.9. The maximum atomic E-state index is 11.9. The molecule has 4 nitrogen and oxygen atoms in total. The molecule has 0 radical (unpaired) electrons. The first-order valence-electron chi connectivity index (χ1n) is 4.91. The number of hydrogen-bond donors (Lipinski definition) is 2. The van der Waals surface area contributed by atoms with Crippen molar-refractivity contribution < 1.29 is 8.42 Å². The summed E-state index contributed by atoms with van der Waals surface area (Å²) in [6.07, 6.45) is 0.488. The van der Waals surface area contributed by atoms with Crippen LogP contribution in [0.25, 0.3) is 0 Å². The fourth-order valence-electron chi connectivity index (χ4n) is 1.19. The molecule has 0 atom stereocenters. The van der Waals surface area contributed by atoms with Crippen LogP contribution in [0.15, 0.2) is 27.6 Å². The van der Waals surface area contributed by atoms with Crippen LogP contribution >= 0.6 is 15.9 Å². The zero-order valence-corrected chi connectivity index (χ0v) is 11.7. The smallest absolute Gasteiger partial charge is 0.241 e. The van der Waals surface area contributed by atoms with Crippen LogP contribution in [0, 0.1) is 11.8 Å².